The first-order valence-corrected chi connectivity index (χ1v) is 13.4. The molecule has 2 saturated heterocycles. The second-order valence-corrected chi connectivity index (χ2v) is 13.2. The molecule has 0 aromatic carbocycles. The van der Waals surface area contributed by atoms with Gasteiger partial charge in [0.05, 0.1) is 24.9 Å². The van der Waals surface area contributed by atoms with E-state index in [4.69, 9.17) is 9.47 Å². The molecule has 4 aliphatic carbocycles. The highest BCUT2D eigenvalue weighted by Gasteiger charge is 2.69. The van der Waals surface area contributed by atoms with Gasteiger partial charge in [0.1, 0.15) is 0 Å². The fourth-order valence-corrected chi connectivity index (χ4v) is 10.3. The molecule has 0 aromatic rings. The standard InChI is InChI=1S/C27H44O4/c1-15-7-10-27(30-14-15)16(2)24-22(31-27)13-21-19-6-5-17-11-18(28)12-23(29)26(17,4)20(19)8-9-25(21,24)3/h15-24,28-29H,5-14H2,1-4H3/t15-,16+,17+,18-,19+,20-,21-,22+,23-,24+,25+,26+,27-/m1/s1. The highest BCUT2D eigenvalue weighted by molar-refractivity contribution is 5.16. The van der Waals surface area contributed by atoms with Crippen LogP contribution in [0.1, 0.15) is 85.5 Å². The Morgan fingerprint density at radius 2 is 1.68 bits per heavy atom. The van der Waals surface area contributed by atoms with Gasteiger partial charge in [0, 0.05) is 12.3 Å². The molecule has 0 radical (unpaired) electrons. The van der Waals surface area contributed by atoms with Gasteiger partial charge in [0.25, 0.3) is 0 Å². The second-order valence-electron chi connectivity index (χ2n) is 13.2. The minimum absolute atomic E-state index is 0.0164. The monoisotopic (exact) mass is 432 g/mol. The first kappa shape index (κ1) is 21.4. The van der Waals surface area contributed by atoms with Gasteiger partial charge in [-0.2, -0.15) is 0 Å². The zero-order chi connectivity index (χ0) is 21.8. The Kier molecular flexibility index (Phi) is 4.78. The van der Waals surface area contributed by atoms with Crippen molar-refractivity contribution in [2.24, 2.45) is 52.3 Å². The summed E-state index contributed by atoms with van der Waals surface area (Å²) in [6.07, 6.45) is 9.56. The Morgan fingerprint density at radius 1 is 0.871 bits per heavy atom. The summed E-state index contributed by atoms with van der Waals surface area (Å²) in [4.78, 5) is 0. The van der Waals surface area contributed by atoms with Gasteiger partial charge in [-0.1, -0.05) is 27.7 Å². The van der Waals surface area contributed by atoms with Gasteiger partial charge in [-0.05, 0) is 97.7 Å². The van der Waals surface area contributed by atoms with Crippen molar-refractivity contribution in [1.82, 2.24) is 0 Å². The maximum atomic E-state index is 11.2. The summed E-state index contributed by atoms with van der Waals surface area (Å²) >= 11 is 0. The lowest BCUT2D eigenvalue weighted by Gasteiger charge is -2.62. The summed E-state index contributed by atoms with van der Waals surface area (Å²) in [7, 11) is 0. The smallest absolute Gasteiger partial charge is 0.171 e. The van der Waals surface area contributed by atoms with Crippen LogP contribution in [-0.2, 0) is 9.47 Å². The second kappa shape index (κ2) is 6.93. The molecule has 4 nitrogen and oxygen atoms in total. The molecule has 1 spiro atoms. The number of ether oxygens (including phenoxy) is 2. The van der Waals surface area contributed by atoms with Crippen LogP contribution < -0.4 is 0 Å². The lowest BCUT2D eigenvalue weighted by molar-refractivity contribution is -0.273. The summed E-state index contributed by atoms with van der Waals surface area (Å²) in [5.74, 6) is 3.89. The Balaban J connectivity index is 1.27. The topological polar surface area (TPSA) is 58.9 Å². The third-order valence-electron chi connectivity index (χ3n) is 12.0. The number of rotatable bonds is 0. The van der Waals surface area contributed by atoms with E-state index in [1.54, 1.807) is 0 Å². The molecule has 2 N–H and O–H groups in total. The summed E-state index contributed by atoms with van der Waals surface area (Å²) in [5, 5.41) is 21.5. The van der Waals surface area contributed by atoms with Crippen LogP contribution in [0.15, 0.2) is 0 Å². The maximum Gasteiger partial charge on any atom is 0.171 e. The van der Waals surface area contributed by atoms with Crippen molar-refractivity contribution in [2.75, 3.05) is 6.61 Å². The Bertz CT molecular complexity index is 716. The van der Waals surface area contributed by atoms with Crippen LogP contribution in [0.5, 0.6) is 0 Å². The SMILES string of the molecule is C[C@@H]1CC[C@@]2(OC1)O[C@H]1C[C@@H]3[C@H]4CC[C@H]5C[C@@H](O)C[C@@H](O)[C@]5(C)[C@@H]4CC[C@]3(C)[C@H]1[C@@H]2C. The van der Waals surface area contributed by atoms with Crippen molar-refractivity contribution in [3.05, 3.63) is 0 Å². The van der Waals surface area contributed by atoms with E-state index in [0.717, 1.165) is 19.4 Å². The van der Waals surface area contributed by atoms with Gasteiger partial charge in [-0.3, -0.25) is 0 Å². The zero-order valence-corrected chi connectivity index (χ0v) is 20.1. The molecule has 31 heavy (non-hydrogen) atoms. The van der Waals surface area contributed by atoms with E-state index in [2.05, 4.69) is 27.7 Å². The van der Waals surface area contributed by atoms with E-state index in [0.29, 0.717) is 59.4 Å². The average Bonchev–Trinajstić information content (AvgIpc) is 3.16. The van der Waals surface area contributed by atoms with Crippen LogP contribution in [-0.4, -0.2) is 40.9 Å². The van der Waals surface area contributed by atoms with Crippen molar-refractivity contribution in [3.8, 4) is 0 Å². The van der Waals surface area contributed by atoms with Gasteiger partial charge in [-0.15, -0.1) is 0 Å². The summed E-state index contributed by atoms with van der Waals surface area (Å²) in [6, 6.07) is 0. The largest absolute Gasteiger partial charge is 0.393 e. The molecule has 4 saturated carbocycles. The minimum Gasteiger partial charge on any atom is -0.393 e. The molecule has 2 heterocycles. The van der Waals surface area contributed by atoms with E-state index in [1.165, 1.54) is 38.5 Å². The van der Waals surface area contributed by atoms with E-state index in [1.807, 2.05) is 0 Å². The van der Waals surface area contributed by atoms with Crippen LogP contribution in [0.25, 0.3) is 0 Å². The predicted octanol–water partition coefficient (Wildman–Crippen LogP) is 4.76. The zero-order valence-electron chi connectivity index (χ0n) is 20.1. The lowest BCUT2D eigenvalue weighted by Crippen LogP contribution is -2.59. The third-order valence-corrected chi connectivity index (χ3v) is 12.0. The van der Waals surface area contributed by atoms with Gasteiger partial charge in [0.15, 0.2) is 5.79 Å². The number of aliphatic hydroxyl groups excluding tert-OH is 2. The van der Waals surface area contributed by atoms with E-state index in [-0.39, 0.29) is 23.4 Å². The third kappa shape index (κ3) is 2.74. The van der Waals surface area contributed by atoms with Crippen molar-refractivity contribution < 1.29 is 19.7 Å². The number of fused-ring (bicyclic) bond motifs is 7. The van der Waals surface area contributed by atoms with Crippen LogP contribution in [0.3, 0.4) is 0 Å². The van der Waals surface area contributed by atoms with Crippen LogP contribution >= 0.6 is 0 Å². The van der Waals surface area contributed by atoms with E-state index >= 15 is 0 Å². The summed E-state index contributed by atoms with van der Waals surface area (Å²) in [6.45, 7) is 10.5. The lowest BCUT2D eigenvalue weighted by atomic mass is 9.43. The number of hydrogen-bond donors (Lipinski definition) is 2. The summed E-state index contributed by atoms with van der Waals surface area (Å²) in [5.41, 5.74) is 0.320. The molecule has 6 aliphatic rings. The number of aliphatic hydroxyl groups is 2. The van der Waals surface area contributed by atoms with Crippen LogP contribution in [0, 0.1) is 52.3 Å². The Hall–Kier alpha value is -0.160. The molecule has 0 aromatic heterocycles. The van der Waals surface area contributed by atoms with Crippen molar-refractivity contribution in [3.63, 3.8) is 0 Å². The van der Waals surface area contributed by atoms with Crippen molar-refractivity contribution in [1.29, 1.82) is 0 Å². The molecular weight excluding hydrogens is 388 g/mol. The van der Waals surface area contributed by atoms with Gasteiger partial charge in [-0.25, -0.2) is 0 Å². The fourth-order valence-electron chi connectivity index (χ4n) is 10.3. The first-order chi connectivity index (χ1) is 14.7. The van der Waals surface area contributed by atoms with E-state index < -0.39 is 0 Å². The molecular formula is C27H44O4. The molecule has 0 bridgehead atoms. The fraction of sp³-hybridized carbons (Fsp3) is 1.00. The molecule has 176 valence electrons. The Morgan fingerprint density at radius 3 is 2.42 bits per heavy atom. The normalized spacial score (nSPS) is 63.3. The average molecular weight is 433 g/mol. The highest BCUT2D eigenvalue weighted by Crippen LogP contribution is 2.71. The quantitative estimate of drug-likeness (QED) is 0.579. The van der Waals surface area contributed by atoms with E-state index in [9.17, 15) is 10.2 Å². The van der Waals surface area contributed by atoms with Crippen molar-refractivity contribution in [2.45, 2.75) is 110 Å². The molecule has 13 atom stereocenters. The summed E-state index contributed by atoms with van der Waals surface area (Å²) < 4.78 is 13.3. The minimum atomic E-state index is -0.351. The predicted molar refractivity (Wildman–Crippen MR) is 119 cm³/mol. The number of hydrogen-bond acceptors (Lipinski definition) is 4. The van der Waals surface area contributed by atoms with Gasteiger partial charge < -0.3 is 19.7 Å². The molecule has 6 rings (SSSR count). The molecule has 0 amide bonds. The molecule has 6 fully saturated rings. The molecule has 4 heteroatoms. The molecule has 2 aliphatic heterocycles. The molecule has 0 unspecified atom stereocenters. The van der Waals surface area contributed by atoms with Crippen LogP contribution in [0.2, 0.25) is 0 Å². The Labute approximate surface area is 188 Å². The van der Waals surface area contributed by atoms with Crippen LogP contribution in [0.4, 0.5) is 0 Å². The first-order valence-electron chi connectivity index (χ1n) is 13.4. The van der Waals surface area contributed by atoms with Crippen molar-refractivity contribution >= 4 is 0 Å². The van der Waals surface area contributed by atoms with Gasteiger partial charge >= 0.3 is 0 Å². The highest BCUT2D eigenvalue weighted by atomic mass is 16.7. The van der Waals surface area contributed by atoms with Gasteiger partial charge in [0.2, 0.25) is 0 Å². The maximum absolute atomic E-state index is 11.2.